The van der Waals surface area contributed by atoms with Crippen molar-refractivity contribution in [1.82, 2.24) is 4.90 Å². The van der Waals surface area contributed by atoms with Crippen molar-refractivity contribution in [3.8, 4) is 6.07 Å². The maximum Gasteiger partial charge on any atom is 0.227 e. The molecule has 1 aliphatic rings. The Bertz CT molecular complexity index is 285. The average molecular weight is 162 g/mol. The summed E-state index contributed by atoms with van der Waals surface area (Å²) in [7, 11) is 0. The highest BCUT2D eigenvalue weighted by molar-refractivity contribution is 5.82. The molecule has 0 aromatic rings. The highest BCUT2D eigenvalue weighted by atomic mass is 16.2. The van der Waals surface area contributed by atoms with Gasteiger partial charge in [-0.15, -0.1) is 0 Å². The van der Waals surface area contributed by atoms with Crippen molar-refractivity contribution in [3.63, 3.8) is 0 Å². The monoisotopic (exact) mass is 162 g/mol. The van der Waals surface area contributed by atoms with Gasteiger partial charge in [0.2, 0.25) is 5.91 Å². The number of hydrogen-bond acceptors (Lipinski definition) is 2. The lowest BCUT2D eigenvalue weighted by Crippen LogP contribution is -2.26. The van der Waals surface area contributed by atoms with Crippen molar-refractivity contribution in [2.45, 2.75) is 6.42 Å². The molecular formula is C9H10N2O. The molecule has 62 valence electrons. The van der Waals surface area contributed by atoms with E-state index in [1.54, 1.807) is 4.90 Å². The molecule has 0 atom stereocenters. The number of likely N-dealkylation sites (tertiary alicyclic amines) is 1. The van der Waals surface area contributed by atoms with Crippen LogP contribution in [-0.2, 0) is 4.79 Å². The number of carbonyl (C=O) groups is 1. The van der Waals surface area contributed by atoms with Crippen LogP contribution < -0.4 is 0 Å². The zero-order chi connectivity index (χ0) is 9.14. The van der Waals surface area contributed by atoms with E-state index in [1.807, 2.05) is 6.07 Å². The maximum atomic E-state index is 11.2. The molecule has 0 unspecified atom stereocenters. The summed E-state index contributed by atoms with van der Waals surface area (Å²) in [5.41, 5.74) is 1.32. The lowest BCUT2D eigenvalue weighted by molar-refractivity contribution is -0.127. The molecule has 0 saturated carbocycles. The molecule has 1 aliphatic heterocycles. The first-order valence-corrected chi connectivity index (χ1v) is 3.66. The number of nitriles is 1. The third kappa shape index (κ3) is 1.73. The Morgan fingerprint density at radius 1 is 1.75 bits per heavy atom. The van der Waals surface area contributed by atoms with Crippen LogP contribution in [0.3, 0.4) is 0 Å². The van der Waals surface area contributed by atoms with E-state index in [1.165, 1.54) is 0 Å². The highest BCUT2D eigenvalue weighted by Crippen LogP contribution is 2.15. The normalized spacial score (nSPS) is 16.4. The molecule has 3 heteroatoms. The van der Waals surface area contributed by atoms with Gasteiger partial charge in [0, 0.05) is 18.5 Å². The van der Waals surface area contributed by atoms with E-state index in [2.05, 4.69) is 13.2 Å². The molecule has 1 saturated heterocycles. The van der Waals surface area contributed by atoms with E-state index in [0.717, 1.165) is 5.57 Å². The Morgan fingerprint density at radius 3 is 2.83 bits per heavy atom. The van der Waals surface area contributed by atoms with Crippen LogP contribution in [0.2, 0.25) is 0 Å². The lowest BCUT2D eigenvalue weighted by atomic mass is 10.3. The zero-order valence-electron chi connectivity index (χ0n) is 6.84. The minimum atomic E-state index is 0.0383. The fraction of sp³-hybridized carbons (Fsp3) is 0.333. The number of hydrogen-bond donors (Lipinski definition) is 0. The third-order valence-electron chi connectivity index (χ3n) is 1.71. The molecule has 0 aliphatic carbocycles. The topological polar surface area (TPSA) is 44.1 Å². The smallest absolute Gasteiger partial charge is 0.227 e. The zero-order valence-corrected chi connectivity index (χ0v) is 6.84. The summed E-state index contributed by atoms with van der Waals surface area (Å²) in [5, 5.41) is 8.44. The Morgan fingerprint density at radius 2 is 2.42 bits per heavy atom. The van der Waals surface area contributed by atoms with Crippen molar-refractivity contribution in [3.05, 3.63) is 24.3 Å². The summed E-state index contributed by atoms with van der Waals surface area (Å²) < 4.78 is 0. The lowest BCUT2D eigenvalue weighted by Gasteiger charge is -2.12. The van der Waals surface area contributed by atoms with Crippen LogP contribution in [0, 0.1) is 11.3 Å². The minimum absolute atomic E-state index is 0.0383. The van der Waals surface area contributed by atoms with E-state index in [4.69, 9.17) is 5.26 Å². The summed E-state index contributed by atoms with van der Waals surface area (Å²) in [5.74, 6) is 0.0383. The minimum Gasteiger partial charge on any atom is -0.333 e. The van der Waals surface area contributed by atoms with E-state index in [-0.39, 0.29) is 5.91 Å². The van der Waals surface area contributed by atoms with Gasteiger partial charge in [0.1, 0.15) is 0 Å². The SMILES string of the molecule is C=C(C#N)CN1CC(=C)CC1=O. The fourth-order valence-electron chi connectivity index (χ4n) is 1.15. The quantitative estimate of drug-likeness (QED) is 0.446. The molecule has 3 nitrogen and oxygen atoms in total. The van der Waals surface area contributed by atoms with Gasteiger partial charge >= 0.3 is 0 Å². The predicted molar refractivity (Wildman–Crippen MR) is 45.1 cm³/mol. The predicted octanol–water partition coefficient (Wildman–Crippen LogP) is 0.855. The van der Waals surface area contributed by atoms with Crippen molar-refractivity contribution < 1.29 is 4.79 Å². The first kappa shape index (κ1) is 8.54. The number of carbonyl (C=O) groups excluding carboxylic acids is 1. The van der Waals surface area contributed by atoms with Crippen LogP contribution in [-0.4, -0.2) is 23.9 Å². The molecule has 0 bridgehead atoms. The first-order valence-electron chi connectivity index (χ1n) is 3.66. The molecule has 12 heavy (non-hydrogen) atoms. The summed E-state index contributed by atoms with van der Waals surface area (Å²) in [6.07, 6.45) is 0.415. The van der Waals surface area contributed by atoms with Gasteiger partial charge in [-0.05, 0) is 5.57 Å². The average Bonchev–Trinajstić information content (AvgIpc) is 2.30. The molecule has 0 radical (unpaired) electrons. The maximum absolute atomic E-state index is 11.2. The Hall–Kier alpha value is -1.56. The van der Waals surface area contributed by atoms with Crippen molar-refractivity contribution in [2.24, 2.45) is 0 Å². The Balaban J connectivity index is 2.55. The second-order valence-corrected chi connectivity index (χ2v) is 2.89. The molecule has 1 rings (SSSR count). The van der Waals surface area contributed by atoms with Crippen molar-refractivity contribution >= 4 is 5.91 Å². The summed E-state index contributed by atoms with van der Waals surface area (Å²) in [6.45, 7) is 8.13. The van der Waals surface area contributed by atoms with Crippen LogP contribution in [0.15, 0.2) is 24.3 Å². The van der Waals surface area contributed by atoms with Gasteiger partial charge < -0.3 is 4.90 Å². The summed E-state index contributed by atoms with van der Waals surface area (Å²) in [4.78, 5) is 12.7. The second-order valence-electron chi connectivity index (χ2n) is 2.89. The largest absolute Gasteiger partial charge is 0.333 e. The van der Waals surface area contributed by atoms with E-state index in [9.17, 15) is 4.79 Å². The van der Waals surface area contributed by atoms with Gasteiger partial charge in [-0.3, -0.25) is 4.79 Å². The molecule has 1 fully saturated rings. The van der Waals surface area contributed by atoms with Crippen LogP contribution in [0.5, 0.6) is 0 Å². The molecule has 1 amide bonds. The van der Waals surface area contributed by atoms with Gasteiger partial charge in [0.15, 0.2) is 0 Å². The number of nitrogens with zero attached hydrogens (tertiary/aromatic N) is 2. The van der Waals surface area contributed by atoms with E-state index >= 15 is 0 Å². The molecule has 1 heterocycles. The van der Waals surface area contributed by atoms with E-state index < -0.39 is 0 Å². The molecule has 0 aromatic heterocycles. The second kappa shape index (κ2) is 3.22. The summed E-state index contributed by atoms with van der Waals surface area (Å²) in [6, 6.07) is 1.91. The molecule has 0 N–H and O–H groups in total. The highest BCUT2D eigenvalue weighted by Gasteiger charge is 2.23. The standard InChI is InChI=1S/C9H10N2O/c1-7-3-9(12)11(5-7)6-8(2)4-10/h1-3,5-6H2. The van der Waals surface area contributed by atoms with Gasteiger partial charge in [0.25, 0.3) is 0 Å². The Labute approximate surface area is 71.6 Å². The van der Waals surface area contributed by atoms with Gasteiger partial charge in [-0.1, -0.05) is 13.2 Å². The van der Waals surface area contributed by atoms with Crippen LogP contribution in [0.1, 0.15) is 6.42 Å². The van der Waals surface area contributed by atoms with Crippen LogP contribution in [0.4, 0.5) is 0 Å². The van der Waals surface area contributed by atoms with Crippen molar-refractivity contribution in [2.75, 3.05) is 13.1 Å². The van der Waals surface area contributed by atoms with Crippen LogP contribution in [0.25, 0.3) is 0 Å². The number of amides is 1. The molecule has 0 spiro atoms. The van der Waals surface area contributed by atoms with Crippen molar-refractivity contribution in [1.29, 1.82) is 5.26 Å². The summed E-state index contributed by atoms with van der Waals surface area (Å²) >= 11 is 0. The number of rotatable bonds is 2. The van der Waals surface area contributed by atoms with Gasteiger partial charge in [-0.25, -0.2) is 0 Å². The first-order chi connectivity index (χ1) is 5.63. The van der Waals surface area contributed by atoms with Gasteiger partial charge in [-0.2, -0.15) is 5.26 Å². The van der Waals surface area contributed by atoms with Crippen LogP contribution >= 0.6 is 0 Å². The van der Waals surface area contributed by atoms with Gasteiger partial charge in [0.05, 0.1) is 12.6 Å². The Kier molecular flexibility index (Phi) is 2.29. The van der Waals surface area contributed by atoms with E-state index in [0.29, 0.717) is 25.1 Å². The fourth-order valence-corrected chi connectivity index (χ4v) is 1.15. The third-order valence-corrected chi connectivity index (χ3v) is 1.71. The molecular weight excluding hydrogens is 152 g/mol. The molecule has 0 aromatic carbocycles.